The van der Waals surface area contributed by atoms with Crippen molar-refractivity contribution in [3.8, 4) is 5.75 Å². The average molecular weight is 344 g/mol. The molecule has 0 bridgehead atoms. The van der Waals surface area contributed by atoms with E-state index in [9.17, 15) is 14.0 Å². The highest BCUT2D eigenvalue weighted by atomic mass is 19.1. The van der Waals surface area contributed by atoms with E-state index in [-0.39, 0.29) is 12.5 Å². The second kappa shape index (κ2) is 8.28. The Kier molecular flexibility index (Phi) is 6.11. The number of carbonyl (C=O) groups excluding carboxylic acids is 2. The molecule has 0 heterocycles. The van der Waals surface area contributed by atoms with E-state index < -0.39 is 17.8 Å². The Morgan fingerprint density at radius 1 is 1.20 bits per heavy atom. The highest BCUT2D eigenvalue weighted by molar-refractivity contribution is 5.95. The van der Waals surface area contributed by atoms with Gasteiger partial charge in [0.25, 0.3) is 5.91 Å². The fourth-order valence-electron chi connectivity index (χ4n) is 2.31. The lowest BCUT2D eigenvalue weighted by Gasteiger charge is -2.22. The molecule has 2 rings (SSSR count). The van der Waals surface area contributed by atoms with E-state index in [4.69, 9.17) is 4.74 Å². The summed E-state index contributed by atoms with van der Waals surface area (Å²) in [7, 11) is 1.52. The van der Waals surface area contributed by atoms with E-state index in [1.54, 1.807) is 19.1 Å². The predicted octanol–water partition coefficient (Wildman–Crippen LogP) is 3.00. The lowest BCUT2D eigenvalue weighted by molar-refractivity contribution is -0.139. The second-order valence-corrected chi connectivity index (χ2v) is 5.83. The van der Waals surface area contributed by atoms with E-state index in [0.29, 0.717) is 11.4 Å². The lowest BCUT2D eigenvalue weighted by atomic mass is 10.2. The molecule has 0 unspecified atom stereocenters. The summed E-state index contributed by atoms with van der Waals surface area (Å²) >= 11 is 0. The summed E-state index contributed by atoms with van der Waals surface area (Å²) in [4.78, 5) is 25.6. The first kappa shape index (κ1) is 18.4. The van der Waals surface area contributed by atoms with E-state index in [2.05, 4.69) is 5.32 Å². The third-order valence-corrected chi connectivity index (χ3v) is 3.52. The number of nitrogens with one attached hydrogen (secondary N) is 1. The molecular weight excluding hydrogens is 323 g/mol. The molecule has 0 aliphatic carbocycles. The summed E-state index contributed by atoms with van der Waals surface area (Å²) < 4.78 is 18.7. The Labute approximate surface area is 146 Å². The number of ether oxygens (including phenoxy) is 1. The molecule has 2 aromatic carbocycles. The molecule has 0 aliphatic heterocycles. The van der Waals surface area contributed by atoms with E-state index >= 15 is 0 Å². The van der Waals surface area contributed by atoms with Crippen LogP contribution in [0.1, 0.15) is 12.5 Å². The van der Waals surface area contributed by atoms with Crippen molar-refractivity contribution in [3.63, 3.8) is 0 Å². The molecule has 6 heteroatoms. The maximum atomic E-state index is 13.1. The third kappa shape index (κ3) is 5.60. The number of nitrogens with zero attached hydrogens (tertiary/aromatic N) is 1. The first-order chi connectivity index (χ1) is 11.8. The quantitative estimate of drug-likeness (QED) is 0.876. The average Bonchev–Trinajstić information content (AvgIpc) is 2.53. The fraction of sp³-hybridized carbons (Fsp3) is 0.263. The standard InChI is InChI=1S/C19H21FN2O3/c1-13-6-4-9-17(10-13)25-14(2)19(24)22(3)12-18(23)21-16-8-5-7-15(20)11-16/h4-11,14H,12H2,1-3H3,(H,21,23)/t14-/m0/s1. The van der Waals surface area contributed by atoms with Gasteiger partial charge in [-0.2, -0.15) is 0 Å². The van der Waals surface area contributed by atoms with Gasteiger partial charge in [0.05, 0.1) is 6.54 Å². The van der Waals surface area contributed by atoms with Gasteiger partial charge < -0.3 is 15.0 Å². The Balaban J connectivity index is 1.89. The maximum absolute atomic E-state index is 13.1. The molecule has 0 aliphatic rings. The molecule has 0 spiro atoms. The Hall–Kier alpha value is -2.89. The molecule has 1 atom stereocenters. The summed E-state index contributed by atoms with van der Waals surface area (Å²) in [5.41, 5.74) is 1.37. The second-order valence-electron chi connectivity index (χ2n) is 5.83. The zero-order chi connectivity index (χ0) is 18.4. The van der Waals surface area contributed by atoms with Crippen molar-refractivity contribution in [1.29, 1.82) is 0 Å². The van der Waals surface area contributed by atoms with Gasteiger partial charge in [-0.1, -0.05) is 18.2 Å². The van der Waals surface area contributed by atoms with E-state index in [1.165, 1.54) is 30.1 Å². The van der Waals surface area contributed by atoms with Crippen molar-refractivity contribution in [2.75, 3.05) is 18.9 Å². The molecular formula is C19H21FN2O3. The van der Waals surface area contributed by atoms with Crippen molar-refractivity contribution in [2.45, 2.75) is 20.0 Å². The molecule has 5 nitrogen and oxygen atoms in total. The van der Waals surface area contributed by atoms with Gasteiger partial charge in [0.15, 0.2) is 6.10 Å². The molecule has 2 amide bonds. The normalized spacial score (nSPS) is 11.5. The van der Waals surface area contributed by atoms with Gasteiger partial charge in [0.1, 0.15) is 11.6 Å². The summed E-state index contributed by atoms with van der Waals surface area (Å²) in [6.07, 6.45) is -0.728. The summed E-state index contributed by atoms with van der Waals surface area (Å²) in [5.74, 6) is -0.582. The van der Waals surface area contributed by atoms with Crippen molar-refractivity contribution in [1.82, 2.24) is 4.90 Å². The predicted molar refractivity (Wildman–Crippen MR) is 93.9 cm³/mol. The number of hydrogen-bond acceptors (Lipinski definition) is 3. The molecule has 2 aromatic rings. The van der Waals surface area contributed by atoms with Crippen LogP contribution in [0, 0.1) is 12.7 Å². The SMILES string of the molecule is Cc1cccc(O[C@@H](C)C(=O)N(C)CC(=O)Nc2cccc(F)c2)c1. The van der Waals surface area contributed by atoms with Gasteiger partial charge in [-0.3, -0.25) is 9.59 Å². The van der Waals surface area contributed by atoms with E-state index in [0.717, 1.165) is 5.56 Å². The number of carbonyl (C=O) groups is 2. The minimum absolute atomic E-state index is 0.156. The monoisotopic (exact) mass is 344 g/mol. The molecule has 25 heavy (non-hydrogen) atoms. The topological polar surface area (TPSA) is 58.6 Å². The molecule has 0 radical (unpaired) electrons. The number of amides is 2. The van der Waals surface area contributed by atoms with E-state index in [1.807, 2.05) is 25.1 Å². The lowest BCUT2D eigenvalue weighted by Crippen LogP contribution is -2.42. The van der Waals surface area contributed by atoms with Crippen LogP contribution in [0.15, 0.2) is 48.5 Å². The van der Waals surface area contributed by atoms with Gasteiger partial charge in [-0.25, -0.2) is 4.39 Å². The first-order valence-corrected chi connectivity index (χ1v) is 7.89. The number of hydrogen-bond donors (Lipinski definition) is 1. The highest BCUT2D eigenvalue weighted by Crippen LogP contribution is 2.15. The van der Waals surface area contributed by atoms with Gasteiger partial charge >= 0.3 is 0 Å². The van der Waals surface area contributed by atoms with Crippen LogP contribution in [-0.4, -0.2) is 36.4 Å². The largest absolute Gasteiger partial charge is 0.481 e. The third-order valence-electron chi connectivity index (χ3n) is 3.52. The summed E-state index contributed by atoms with van der Waals surface area (Å²) in [6, 6.07) is 13.0. The van der Waals surface area contributed by atoms with Gasteiger partial charge in [0.2, 0.25) is 5.91 Å². The van der Waals surface area contributed by atoms with Crippen molar-refractivity contribution < 1.29 is 18.7 Å². The Morgan fingerprint density at radius 2 is 1.92 bits per heavy atom. The van der Waals surface area contributed by atoms with Crippen molar-refractivity contribution >= 4 is 17.5 Å². The number of halogens is 1. The van der Waals surface area contributed by atoms with Crippen LogP contribution in [0.4, 0.5) is 10.1 Å². The van der Waals surface area contributed by atoms with Crippen molar-refractivity contribution in [3.05, 3.63) is 59.9 Å². The summed E-state index contributed by atoms with van der Waals surface area (Å²) in [6.45, 7) is 3.41. The molecule has 0 fully saturated rings. The van der Waals surface area contributed by atoms with Crippen molar-refractivity contribution in [2.24, 2.45) is 0 Å². The highest BCUT2D eigenvalue weighted by Gasteiger charge is 2.21. The van der Waals surface area contributed by atoms with Crippen LogP contribution in [0.3, 0.4) is 0 Å². The van der Waals surface area contributed by atoms with Crippen LogP contribution >= 0.6 is 0 Å². The molecule has 0 aromatic heterocycles. The molecule has 0 saturated carbocycles. The molecule has 0 saturated heterocycles. The molecule has 132 valence electrons. The van der Waals surface area contributed by atoms with Crippen LogP contribution in [0.2, 0.25) is 0 Å². The zero-order valence-corrected chi connectivity index (χ0v) is 14.5. The number of aryl methyl sites for hydroxylation is 1. The van der Waals surface area contributed by atoms with Crippen LogP contribution in [-0.2, 0) is 9.59 Å². The van der Waals surface area contributed by atoms with Gasteiger partial charge in [0, 0.05) is 12.7 Å². The molecule has 1 N–H and O–H groups in total. The zero-order valence-electron chi connectivity index (χ0n) is 14.5. The first-order valence-electron chi connectivity index (χ1n) is 7.89. The van der Waals surface area contributed by atoms with Gasteiger partial charge in [-0.05, 0) is 49.7 Å². The van der Waals surface area contributed by atoms with Crippen LogP contribution in [0.5, 0.6) is 5.75 Å². The number of benzene rings is 2. The Bertz CT molecular complexity index is 764. The number of likely N-dealkylation sites (N-methyl/N-ethyl adjacent to an activating group) is 1. The van der Waals surface area contributed by atoms with Crippen LogP contribution in [0.25, 0.3) is 0 Å². The maximum Gasteiger partial charge on any atom is 0.263 e. The summed E-state index contributed by atoms with van der Waals surface area (Å²) in [5, 5.41) is 2.55. The minimum atomic E-state index is -0.728. The van der Waals surface area contributed by atoms with Gasteiger partial charge in [-0.15, -0.1) is 0 Å². The Morgan fingerprint density at radius 3 is 2.60 bits per heavy atom. The number of anilines is 1. The number of rotatable bonds is 6. The minimum Gasteiger partial charge on any atom is -0.481 e. The fourth-order valence-corrected chi connectivity index (χ4v) is 2.31. The smallest absolute Gasteiger partial charge is 0.263 e. The van der Waals surface area contributed by atoms with Crippen LogP contribution < -0.4 is 10.1 Å².